The summed E-state index contributed by atoms with van der Waals surface area (Å²) < 4.78 is 9.49. The van der Waals surface area contributed by atoms with Gasteiger partial charge in [0.25, 0.3) is 5.56 Å². The summed E-state index contributed by atoms with van der Waals surface area (Å²) in [4.78, 5) is 17.4. The van der Waals surface area contributed by atoms with Gasteiger partial charge in [0.2, 0.25) is 0 Å². The van der Waals surface area contributed by atoms with Crippen LogP contribution in [-0.4, -0.2) is 24.1 Å². The van der Waals surface area contributed by atoms with Crippen LogP contribution in [0.5, 0.6) is 5.75 Å². The molecule has 1 atom stereocenters. The number of benzene rings is 1. The Morgan fingerprint density at radius 3 is 2.90 bits per heavy atom. The number of thiazole rings is 1. The van der Waals surface area contributed by atoms with E-state index < -0.39 is 0 Å². The maximum atomic E-state index is 12.2. The number of hydrogen-bond acceptors (Lipinski definition) is 7. The predicted molar refractivity (Wildman–Crippen MR) is 120 cm³/mol. The first-order chi connectivity index (χ1) is 14.5. The van der Waals surface area contributed by atoms with E-state index in [4.69, 9.17) is 27.9 Å². The van der Waals surface area contributed by atoms with Gasteiger partial charge in [-0.2, -0.15) is 0 Å². The van der Waals surface area contributed by atoms with Gasteiger partial charge in [0, 0.05) is 41.0 Å². The lowest BCUT2D eigenvalue weighted by Crippen LogP contribution is -2.13. The Balaban J connectivity index is 1.52. The zero-order valence-corrected chi connectivity index (χ0v) is 19.2. The molecule has 1 aromatic carbocycles. The van der Waals surface area contributed by atoms with Crippen LogP contribution >= 0.6 is 46.3 Å². The van der Waals surface area contributed by atoms with Crippen molar-refractivity contribution in [3.05, 3.63) is 67.8 Å². The fourth-order valence-corrected chi connectivity index (χ4v) is 4.88. The summed E-state index contributed by atoms with van der Waals surface area (Å²) in [6.07, 6.45) is 1.34. The lowest BCUT2D eigenvalue weighted by Gasteiger charge is -2.16. The van der Waals surface area contributed by atoms with E-state index in [1.807, 2.05) is 23.8 Å². The Kier molecular flexibility index (Phi) is 6.33. The van der Waals surface area contributed by atoms with E-state index in [0.717, 1.165) is 5.16 Å². The van der Waals surface area contributed by atoms with Crippen LogP contribution in [0.15, 0.2) is 45.8 Å². The summed E-state index contributed by atoms with van der Waals surface area (Å²) in [5.41, 5.74) is 0.615. The summed E-state index contributed by atoms with van der Waals surface area (Å²) in [5.74, 6) is 1.68. The molecule has 0 saturated heterocycles. The lowest BCUT2D eigenvalue weighted by molar-refractivity contribution is 0.210. The van der Waals surface area contributed by atoms with E-state index in [-0.39, 0.29) is 11.7 Å². The zero-order valence-electron chi connectivity index (χ0n) is 16.1. The molecule has 0 N–H and O–H groups in total. The van der Waals surface area contributed by atoms with Gasteiger partial charge >= 0.3 is 0 Å². The van der Waals surface area contributed by atoms with Crippen molar-refractivity contribution < 1.29 is 4.74 Å². The highest BCUT2D eigenvalue weighted by molar-refractivity contribution is 7.98. The Labute approximate surface area is 190 Å². The van der Waals surface area contributed by atoms with Crippen molar-refractivity contribution in [3.8, 4) is 5.75 Å². The van der Waals surface area contributed by atoms with Crippen LogP contribution < -0.4 is 10.3 Å². The van der Waals surface area contributed by atoms with Gasteiger partial charge in [0.15, 0.2) is 22.0 Å². The molecular formula is C19H17Cl2N5O2S2. The minimum Gasteiger partial charge on any atom is -0.481 e. The van der Waals surface area contributed by atoms with Gasteiger partial charge in [-0.05, 0) is 26.0 Å². The van der Waals surface area contributed by atoms with E-state index in [1.165, 1.54) is 27.5 Å². The fraction of sp³-hybridized carbons (Fsp3) is 0.263. The summed E-state index contributed by atoms with van der Waals surface area (Å²) >= 11 is 15.2. The average Bonchev–Trinajstić information content (AvgIpc) is 3.36. The molecule has 0 saturated carbocycles. The highest BCUT2D eigenvalue weighted by Crippen LogP contribution is 2.32. The first kappa shape index (κ1) is 21.2. The normalized spacial score (nSPS) is 12.4. The van der Waals surface area contributed by atoms with E-state index >= 15 is 0 Å². The number of aromatic nitrogens is 5. The molecule has 1 unspecified atom stereocenters. The predicted octanol–water partition coefficient (Wildman–Crippen LogP) is 5.11. The molecule has 30 heavy (non-hydrogen) atoms. The zero-order chi connectivity index (χ0) is 21.3. The second kappa shape index (κ2) is 8.97. The number of hydrogen-bond donors (Lipinski definition) is 0. The van der Waals surface area contributed by atoms with Crippen LogP contribution in [0.4, 0.5) is 0 Å². The molecule has 3 heterocycles. The Morgan fingerprint density at radius 1 is 1.27 bits per heavy atom. The van der Waals surface area contributed by atoms with Gasteiger partial charge in [0.1, 0.15) is 5.75 Å². The van der Waals surface area contributed by atoms with E-state index in [9.17, 15) is 4.79 Å². The molecule has 4 rings (SSSR count). The Hall–Kier alpha value is -2.07. The molecule has 0 aliphatic rings. The molecule has 0 amide bonds. The van der Waals surface area contributed by atoms with Gasteiger partial charge in [-0.3, -0.25) is 9.20 Å². The lowest BCUT2D eigenvalue weighted by atomic mass is 10.3. The Morgan fingerprint density at radius 2 is 2.10 bits per heavy atom. The van der Waals surface area contributed by atoms with E-state index in [2.05, 4.69) is 15.2 Å². The van der Waals surface area contributed by atoms with Gasteiger partial charge in [0.05, 0.1) is 10.7 Å². The highest BCUT2D eigenvalue weighted by Gasteiger charge is 2.20. The molecule has 3 aromatic heterocycles. The van der Waals surface area contributed by atoms with Crippen LogP contribution in [0.2, 0.25) is 10.0 Å². The number of ether oxygens (including phenoxy) is 1. The number of halogens is 2. The second-order valence-electron chi connectivity index (χ2n) is 6.35. The van der Waals surface area contributed by atoms with Crippen LogP contribution in [0.3, 0.4) is 0 Å². The summed E-state index contributed by atoms with van der Waals surface area (Å²) in [6.45, 7) is 4.56. The van der Waals surface area contributed by atoms with Crippen molar-refractivity contribution >= 4 is 51.3 Å². The van der Waals surface area contributed by atoms with Crippen molar-refractivity contribution in [1.82, 2.24) is 24.1 Å². The van der Waals surface area contributed by atoms with Crippen LogP contribution in [0, 0.1) is 0 Å². The second-order valence-corrected chi connectivity index (χ2v) is 9.01. The number of fused-ring (bicyclic) bond motifs is 1. The number of rotatable bonds is 7. The first-order valence-electron chi connectivity index (χ1n) is 9.09. The van der Waals surface area contributed by atoms with Crippen molar-refractivity contribution in [2.24, 2.45) is 0 Å². The molecule has 4 aromatic rings. The van der Waals surface area contributed by atoms with Crippen LogP contribution in [0.1, 0.15) is 31.5 Å². The molecule has 0 spiro atoms. The van der Waals surface area contributed by atoms with Crippen molar-refractivity contribution in [2.45, 2.75) is 37.4 Å². The minimum atomic E-state index is -0.381. The maximum Gasteiger partial charge on any atom is 0.258 e. The molecule has 0 fully saturated rings. The van der Waals surface area contributed by atoms with E-state index in [1.54, 1.807) is 30.5 Å². The molecule has 0 bridgehead atoms. The van der Waals surface area contributed by atoms with Crippen molar-refractivity contribution in [1.29, 1.82) is 0 Å². The monoisotopic (exact) mass is 481 g/mol. The molecular weight excluding hydrogens is 465 g/mol. The average molecular weight is 482 g/mol. The number of thioether (sulfide) groups is 1. The van der Waals surface area contributed by atoms with Crippen LogP contribution in [0.25, 0.3) is 4.96 Å². The smallest absolute Gasteiger partial charge is 0.258 e. The third-order valence-electron chi connectivity index (χ3n) is 4.33. The summed E-state index contributed by atoms with van der Waals surface area (Å²) in [6, 6.07) is 6.62. The first-order valence-corrected chi connectivity index (χ1v) is 11.7. The molecule has 156 valence electrons. The standard InChI is InChI=1S/C19H17Cl2N5O2S2/c1-3-25-17(11(2)28-15-8-12(20)4-5-14(15)21)23-24-19(25)30-10-13-9-16(27)26-6-7-29-18(26)22-13/h4-9,11H,3,10H2,1-2H3. The molecule has 0 aliphatic heterocycles. The van der Waals surface area contributed by atoms with Gasteiger partial charge in [-0.1, -0.05) is 35.0 Å². The van der Waals surface area contributed by atoms with Gasteiger partial charge in [-0.25, -0.2) is 4.98 Å². The van der Waals surface area contributed by atoms with Crippen molar-refractivity contribution in [3.63, 3.8) is 0 Å². The quantitative estimate of drug-likeness (QED) is 0.341. The molecule has 0 aliphatic carbocycles. The molecule has 0 radical (unpaired) electrons. The maximum absolute atomic E-state index is 12.2. The van der Waals surface area contributed by atoms with Gasteiger partial charge < -0.3 is 9.30 Å². The molecule has 7 nitrogen and oxygen atoms in total. The SMILES string of the molecule is CCn1c(SCc2cc(=O)n3ccsc3n2)nnc1C(C)Oc1cc(Cl)ccc1Cl. The third-order valence-corrected chi connectivity index (χ3v) is 6.63. The largest absolute Gasteiger partial charge is 0.481 e. The summed E-state index contributed by atoms with van der Waals surface area (Å²) in [7, 11) is 0. The Bertz CT molecular complexity index is 1250. The minimum absolute atomic E-state index is 0.0880. The topological polar surface area (TPSA) is 74.3 Å². The highest BCUT2D eigenvalue weighted by atomic mass is 35.5. The van der Waals surface area contributed by atoms with Gasteiger partial charge in [-0.15, -0.1) is 21.5 Å². The van der Waals surface area contributed by atoms with E-state index in [0.29, 0.717) is 44.6 Å². The fourth-order valence-electron chi connectivity index (χ4n) is 2.92. The summed E-state index contributed by atoms with van der Waals surface area (Å²) in [5, 5.41) is 12.2. The van der Waals surface area contributed by atoms with Crippen LogP contribution in [-0.2, 0) is 12.3 Å². The van der Waals surface area contributed by atoms with Crippen molar-refractivity contribution in [2.75, 3.05) is 0 Å². The molecule has 11 heteroatoms. The number of nitrogens with zero attached hydrogens (tertiary/aromatic N) is 5. The third kappa shape index (κ3) is 4.34.